The third kappa shape index (κ3) is 5.27. The molecule has 4 rings (SSSR count). The van der Waals surface area contributed by atoms with Gasteiger partial charge in [0.05, 0.1) is 0 Å². The molecule has 1 aromatic heterocycles. The summed E-state index contributed by atoms with van der Waals surface area (Å²) in [6.07, 6.45) is -0.369. The van der Waals surface area contributed by atoms with Crippen LogP contribution in [0.1, 0.15) is 25.8 Å². The molecule has 1 atom stereocenters. The summed E-state index contributed by atoms with van der Waals surface area (Å²) in [5.74, 6) is 2.83. The van der Waals surface area contributed by atoms with Crippen molar-refractivity contribution in [3.05, 3.63) is 84.8 Å². The Kier molecular flexibility index (Phi) is 5.93. The first kappa shape index (κ1) is 20.2. The minimum Gasteiger partial charge on any atom is -0.481 e. The second-order valence-electron chi connectivity index (χ2n) is 6.86. The summed E-state index contributed by atoms with van der Waals surface area (Å²) in [6, 6.07) is 24.0. The predicted molar refractivity (Wildman–Crippen MR) is 116 cm³/mol. The molecule has 0 aliphatic carbocycles. The van der Waals surface area contributed by atoms with Crippen molar-refractivity contribution in [3.63, 3.8) is 0 Å². The zero-order valence-electron chi connectivity index (χ0n) is 17.1. The quantitative estimate of drug-likeness (QED) is 0.421. The highest BCUT2D eigenvalue weighted by Crippen LogP contribution is 2.27. The number of hydrogen-bond donors (Lipinski definition) is 1. The van der Waals surface area contributed by atoms with Gasteiger partial charge in [-0.15, -0.1) is 0 Å². The molecule has 0 aliphatic rings. The minimum absolute atomic E-state index is 0.116. The molecule has 1 heterocycles. The molecule has 0 bridgehead atoms. The standard InChI is InChI=1S/C24H21N3O4/c1-16(29-20-6-4-3-5-7-20)24-26-23(27-31-24)18-8-12-21(13-9-18)30-22-14-10-19(11-15-22)25-17(2)28/h3-16H,1-2H3,(H,25,28)/t16-/m0/s1. The molecule has 0 radical (unpaired) electrons. The highest BCUT2D eigenvalue weighted by Gasteiger charge is 2.17. The summed E-state index contributed by atoms with van der Waals surface area (Å²) in [5, 5.41) is 6.77. The van der Waals surface area contributed by atoms with Crippen molar-refractivity contribution in [1.29, 1.82) is 0 Å². The van der Waals surface area contributed by atoms with Crippen LogP contribution in [0.4, 0.5) is 5.69 Å². The number of amides is 1. The Balaban J connectivity index is 1.40. The molecule has 0 unspecified atom stereocenters. The van der Waals surface area contributed by atoms with Crippen LogP contribution in [0, 0.1) is 0 Å². The molecule has 1 amide bonds. The van der Waals surface area contributed by atoms with Crippen LogP contribution in [0.2, 0.25) is 0 Å². The van der Waals surface area contributed by atoms with Crippen molar-refractivity contribution >= 4 is 11.6 Å². The lowest BCUT2D eigenvalue weighted by molar-refractivity contribution is -0.114. The molecular weight excluding hydrogens is 394 g/mol. The summed E-state index contributed by atoms with van der Waals surface area (Å²) in [5.41, 5.74) is 1.52. The lowest BCUT2D eigenvalue weighted by Crippen LogP contribution is -2.05. The number of nitrogens with one attached hydrogen (secondary N) is 1. The van der Waals surface area contributed by atoms with Gasteiger partial charge >= 0.3 is 0 Å². The molecule has 0 saturated carbocycles. The SMILES string of the molecule is CC(=O)Nc1ccc(Oc2ccc(-c3noc([C@H](C)Oc4ccccc4)n3)cc2)cc1. The first-order valence-electron chi connectivity index (χ1n) is 9.78. The van der Waals surface area contributed by atoms with E-state index < -0.39 is 0 Å². The molecule has 0 spiro atoms. The van der Waals surface area contributed by atoms with Crippen LogP contribution in [-0.2, 0) is 4.79 Å². The van der Waals surface area contributed by atoms with Gasteiger partial charge in [0.1, 0.15) is 17.2 Å². The lowest BCUT2D eigenvalue weighted by Gasteiger charge is -2.09. The first-order valence-corrected chi connectivity index (χ1v) is 9.78. The molecule has 31 heavy (non-hydrogen) atoms. The average molecular weight is 415 g/mol. The predicted octanol–water partition coefficient (Wildman–Crippen LogP) is 5.63. The fraction of sp³-hybridized carbons (Fsp3) is 0.125. The second-order valence-corrected chi connectivity index (χ2v) is 6.86. The molecular formula is C24H21N3O4. The van der Waals surface area contributed by atoms with Gasteiger partial charge in [-0.25, -0.2) is 0 Å². The minimum atomic E-state index is -0.369. The van der Waals surface area contributed by atoms with E-state index in [9.17, 15) is 4.79 Å². The number of para-hydroxylation sites is 1. The Labute approximate surface area is 179 Å². The molecule has 1 N–H and O–H groups in total. The highest BCUT2D eigenvalue weighted by molar-refractivity contribution is 5.88. The first-order chi connectivity index (χ1) is 15.1. The molecule has 0 fully saturated rings. The van der Waals surface area contributed by atoms with E-state index in [0.29, 0.717) is 28.9 Å². The molecule has 7 heteroatoms. The van der Waals surface area contributed by atoms with Crippen molar-refractivity contribution < 1.29 is 18.8 Å². The van der Waals surface area contributed by atoms with Gasteiger partial charge in [-0.05, 0) is 67.6 Å². The van der Waals surface area contributed by atoms with Gasteiger partial charge in [-0.2, -0.15) is 4.98 Å². The highest BCUT2D eigenvalue weighted by atomic mass is 16.5. The van der Waals surface area contributed by atoms with E-state index in [1.165, 1.54) is 6.92 Å². The van der Waals surface area contributed by atoms with Gasteiger partial charge in [-0.3, -0.25) is 4.79 Å². The van der Waals surface area contributed by atoms with E-state index in [1.54, 1.807) is 24.3 Å². The van der Waals surface area contributed by atoms with E-state index >= 15 is 0 Å². The fourth-order valence-electron chi connectivity index (χ4n) is 2.89. The summed E-state index contributed by atoms with van der Waals surface area (Å²) >= 11 is 0. The van der Waals surface area contributed by atoms with Crippen molar-refractivity contribution in [1.82, 2.24) is 10.1 Å². The van der Waals surface area contributed by atoms with Crippen molar-refractivity contribution in [2.75, 3.05) is 5.32 Å². The lowest BCUT2D eigenvalue weighted by atomic mass is 10.2. The fourth-order valence-corrected chi connectivity index (χ4v) is 2.89. The third-order valence-electron chi connectivity index (χ3n) is 4.37. The van der Waals surface area contributed by atoms with E-state index in [1.807, 2.05) is 61.5 Å². The summed E-state index contributed by atoms with van der Waals surface area (Å²) in [6.45, 7) is 3.33. The van der Waals surface area contributed by atoms with Crippen LogP contribution in [0.5, 0.6) is 17.2 Å². The van der Waals surface area contributed by atoms with E-state index in [2.05, 4.69) is 15.5 Å². The van der Waals surface area contributed by atoms with Crippen molar-refractivity contribution in [2.45, 2.75) is 20.0 Å². The number of carbonyl (C=O) groups is 1. The Morgan fingerprint density at radius 3 is 2.19 bits per heavy atom. The van der Waals surface area contributed by atoms with Crippen LogP contribution >= 0.6 is 0 Å². The smallest absolute Gasteiger partial charge is 0.267 e. The maximum absolute atomic E-state index is 11.1. The van der Waals surface area contributed by atoms with Crippen molar-refractivity contribution in [2.24, 2.45) is 0 Å². The number of anilines is 1. The average Bonchev–Trinajstić information content (AvgIpc) is 3.27. The van der Waals surface area contributed by atoms with E-state index in [0.717, 1.165) is 11.3 Å². The summed E-state index contributed by atoms with van der Waals surface area (Å²) < 4.78 is 17.0. The number of nitrogens with zero attached hydrogens (tertiary/aromatic N) is 2. The van der Waals surface area contributed by atoms with Gasteiger partial charge in [0.2, 0.25) is 11.7 Å². The van der Waals surface area contributed by atoms with Crippen LogP contribution < -0.4 is 14.8 Å². The Morgan fingerprint density at radius 1 is 0.903 bits per heavy atom. The van der Waals surface area contributed by atoms with E-state index in [4.69, 9.17) is 14.0 Å². The Bertz CT molecular complexity index is 1140. The van der Waals surface area contributed by atoms with Gasteiger partial charge < -0.3 is 19.3 Å². The van der Waals surface area contributed by atoms with Gasteiger partial charge in [-0.1, -0.05) is 23.4 Å². The van der Waals surface area contributed by atoms with Gasteiger partial charge in [0.15, 0.2) is 6.10 Å². The van der Waals surface area contributed by atoms with Crippen LogP contribution in [0.25, 0.3) is 11.4 Å². The number of aromatic nitrogens is 2. The van der Waals surface area contributed by atoms with Crippen LogP contribution in [0.3, 0.4) is 0 Å². The summed E-state index contributed by atoms with van der Waals surface area (Å²) in [7, 11) is 0. The van der Waals surface area contributed by atoms with E-state index in [-0.39, 0.29) is 12.0 Å². The Morgan fingerprint density at radius 2 is 1.55 bits per heavy atom. The Hall–Kier alpha value is -4.13. The largest absolute Gasteiger partial charge is 0.481 e. The molecule has 0 aliphatic heterocycles. The van der Waals surface area contributed by atoms with Crippen LogP contribution in [0.15, 0.2) is 83.4 Å². The molecule has 156 valence electrons. The number of ether oxygens (including phenoxy) is 2. The monoisotopic (exact) mass is 415 g/mol. The number of benzene rings is 3. The normalized spacial score (nSPS) is 11.5. The van der Waals surface area contributed by atoms with Gasteiger partial charge in [0.25, 0.3) is 5.89 Å². The van der Waals surface area contributed by atoms with Gasteiger partial charge in [0, 0.05) is 18.2 Å². The summed E-state index contributed by atoms with van der Waals surface area (Å²) in [4.78, 5) is 15.5. The topological polar surface area (TPSA) is 86.5 Å². The maximum atomic E-state index is 11.1. The molecule has 0 saturated heterocycles. The number of rotatable bonds is 7. The number of hydrogen-bond acceptors (Lipinski definition) is 6. The maximum Gasteiger partial charge on any atom is 0.267 e. The van der Waals surface area contributed by atoms with Crippen molar-refractivity contribution in [3.8, 4) is 28.6 Å². The molecule has 7 nitrogen and oxygen atoms in total. The zero-order chi connectivity index (χ0) is 21.6. The third-order valence-corrected chi connectivity index (χ3v) is 4.37. The number of carbonyl (C=O) groups excluding carboxylic acids is 1. The second kappa shape index (κ2) is 9.13. The molecule has 3 aromatic carbocycles. The van der Waals surface area contributed by atoms with Crippen LogP contribution in [-0.4, -0.2) is 16.0 Å². The molecule has 4 aromatic rings. The zero-order valence-corrected chi connectivity index (χ0v) is 17.1.